The fourth-order valence-corrected chi connectivity index (χ4v) is 1.44. The van der Waals surface area contributed by atoms with E-state index in [1.54, 1.807) is 0 Å². The molecule has 3 rings (SSSR count). The third-order valence-corrected chi connectivity index (χ3v) is 2.68. The Morgan fingerprint density at radius 3 is 2.67 bits per heavy atom. The SMILES string of the molecule is Cc1ccc2cc1CO2.OCC1COC1. The van der Waals surface area contributed by atoms with E-state index in [1.165, 1.54) is 11.1 Å². The molecule has 2 aliphatic rings. The van der Waals surface area contributed by atoms with Gasteiger partial charge in [0.1, 0.15) is 12.4 Å². The Bertz CT molecular complexity index is 329. The summed E-state index contributed by atoms with van der Waals surface area (Å²) in [4.78, 5) is 0. The number of benzene rings is 1. The number of ether oxygens (including phenoxy) is 2. The first-order valence-electron chi connectivity index (χ1n) is 5.20. The van der Waals surface area contributed by atoms with Crippen LogP contribution in [0.2, 0.25) is 0 Å². The van der Waals surface area contributed by atoms with Gasteiger partial charge in [0.15, 0.2) is 0 Å². The van der Waals surface area contributed by atoms with Crippen LogP contribution < -0.4 is 4.74 Å². The summed E-state index contributed by atoms with van der Waals surface area (Å²) in [5, 5.41) is 8.31. The molecule has 0 atom stereocenters. The molecule has 0 radical (unpaired) electrons. The van der Waals surface area contributed by atoms with E-state index in [0.29, 0.717) is 12.5 Å². The number of aliphatic hydroxyl groups is 1. The highest BCUT2D eigenvalue weighted by Crippen LogP contribution is 2.24. The van der Waals surface area contributed by atoms with Crippen LogP contribution in [0.3, 0.4) is 0 Å². The first-order chi connectivity index (χ1) is 7.29. The van der Waals surface area contributed by atoms with Crippen molar-refractivity contribution in [2.24, 2.45) is 5.92 Å². The minimum absolute atomic E-state index is 0.292. The van der Waals surface area contributed by atoms with Crippen molar-refractivity contribution in [3.05, 3.63) is 29.3 Å². The van der Waals surface area contributed by atoms with E-state index in [-0.39, 0.29) is 0 Å². The summed E-state index contributed by atoms with van der Waals surface area (Å²) in [5.41, 5.74) is 2.66. The van der Waals surface area contributed by atoms with Gasteiger partial charge in [-0.05, 0) is 30.2 Å². The van der Waals surface area contributed by atoms with E-state index in [9.17, 15) is 0 Å². The maximum Gasteiger partial charge on any atom is 0.120 e. The van der Waals surface area contributed by atoms with Crippen molar-refractivity contribution >= 4 is 0 Å². The molecule has 1 saturated heterocycles. The minimum atomic E-state index is 0.292. The van der Waals surface area contributed by atoms with Gasteiger partial charge in [-0.15, -0.1) is 0 Å². The second-order valence-corrected chi connectivity index (χ2v) is 3.96. The maximum atomic E-state index is 8.31. The molecule has 0 saturated carbocycles. The van der Waals surface area contributed by atoms with Gasteiger partial charge in [0.25, 0.3) is 0 Å². The third-order valence-electron chi connectivity index (χ3n) is 2.68. The molecule has 15 heavy (non-hydrogen) atoms. The highest BCUT2D eigenvalue weighted by molar-refractivity contribution is 5.38. The van der Waals surface area contributed by atoms with Gasteiger partial charge in [0.05, 0.1) is 19.8 Å². The molecule has 0 aliphatic carbocycles. The summed E-state index contributed by atoms with van der Waals surface area (Å²) in [6.07, 6.45) is 0. The summed E-state index contributed by atoms with van der Waals surface area (Å²) in [6.45, 7) is 4.69. The van der Waals surface area contributed by atoms with Crippen LogP contribution in [0.1, 0.15) is 11.1 Å². The predicted octanol–water partition coefficient (Wildman–Crippen LogP) is 1.51. The normalized spacial score (nSPS) is 17.5. The van der Waals surface area contributed by atoms with Gasteiger partial charge < -0.3 is 14.6 Å². The average molecular weight is 208 g/mol. The van der Waals surface area contributed by atoms with E-state index in [4.69, 9.17) is 14.6 Å². The molecule has 2 bridgehead atoms. The lowest BCUT2D eigenvalue weighted by atomic mass is 10.1. The summed E-state index contributed by atoms with van der Waals surface area (Å²) < 4.78 is 10.0. The quantitative estimate of drug-likeness (QED) is 0.760. The zero-order valence-electron chi connectivity index (χ0n) is 8.90. The van der Waals surface area contributed by atoms with Crippen LogP contribution in [-0.4, -0.2) is 24.9 Å². The Kier molecular flexibility index (Phi) is 3.23. The summed E-state index contributed by atoms with van der Waals surface area (Å²) in [5.74, 6) is 1.46. The molecule has 2 heterocycles. The molecule has 1 aromatic carbocycles. The van der Waals surface area contributed by atoms with E-state index in [0.717, 1.165) is 25.6 Å². The third kappa shape index (κ3) is 2.49. The number of aryl methyl sites for hydroxylation is 1. The standard InChI is InChI=1S/C8H8O.C4H8O2/c1-6-2-3-8-4-7(6)5-9-8;5-1-4-2-6-3-4/h2-4H,5H2,1H3;4-5H,1-3H2. The smallest absolute Gasteiger partial charge is 0.120 e. The van der Waals surface area contributed by atoms with Crippen molar-refractivity contribution in [3.63, 3.8) is 0 Å². The summed E-state index contributed by atoms with van der Waals surface area (Å²) >= 11 is 0. The molecule has 0 unspecified atom stereocenters. The zero-order chi connectivity index (χ0) is 10.7. The molecule has 0 amide bonds. The van der Waals surface area contributed by atoms with Crippen molar-refractivity contribution in [1.29, 1.82) is 0 Å². The van der Waals surface area contributed by atoms with Crippen molar-refractivity contribution < 1.29 is 14.6 Å². The molecule has 82 valence electrons. The van der Waals surface area contributed by atoms with Gasteiger partial charge in [0, 0.05) is 5.92 Å². The van der Waals surface area contributed by atoms with Gasteiger partial charge in [-0.25, -0.2) is 0 Å². The van der Waals surface area contributed by atoms with Gasteiger partial charge in [-0.2, -0.15) is 0 Å². The van der Waals surface area contributed by atoms with Crippen molar-refractivity contribution in [1.82, 2.24) is 0 Å². The minimum Gasteiger partial charge on any atom is -0.489 e. The van der Waals surface area contributed by atoms with Gasteiger partial charge in [-0.3, -0.25) is 0 Å². The molecular formula is C12H16O3. The summed E-state index contributed by atoms with van der Waals surface area (Å²) in [7, 11) is 0. The number of hydrogen-bond donors (Lipinski definition) is 1. The lowest BCUT2D eigenvalue weighted by molar-refractivity contribution is -0.0554. The Labute approximate surface area is 89.6 Å². The number of rotatable bonds is 1. The lowest BCUT2D eigenvalue weighted by Crippen LogP contribution is -2.30. The van der Waals surface area contributed by atoms with Gasteiger partial charge in [-0.1, -0.05) is 6.07 Å². The van der Waals surface area contributed by atoms with E-state index >= 15 is 0 Å². The average Bonchev–Trinajstić information content (AvgIpc) is 2.55. The Morgan fingerprint density at radius 1 is 1.40 bits per heavy atom. The van der Waals surface area contributed by atoms with E-state index in [1.807, 2.05) is 6.07 Å². The Morgan fingerprint density at radius 2 is 2.20 bits per heavy atom. The van der Waals surface area contributed by atoms with Gasteiger partial charge in [0.2, 0.25) is 0 Å². The first kappa shape index (κ1) is 10.5. The number of aliphatic hydroxyl groups excluding tert-OH is 1. The highest BCUT2D eigenvalue weighted by atomic mass is 16.5. The second-order valence-electron chi connectivity index (χ2n) is 3.96. The fourth-order valence-electron chi connectivity index (χ4n) is 1.44. The predicted molar refractivity (Wildman–Crippen MR) is 56.9 cm³/mol. The molecule has 0 aromatic heterocycles. The van der Waals surface area contributed by atoms with Crippen molar-refractivity contribution in [3.8, 4) is 5.75 Å². The second kappa shape index (κ2) is 4.64. The largest absolute Gasteiger partial charge is 0.489 e. The molecule has 1 fully saturated rings. The molecule has 3 heteroatoms. The zero-order valence-corrected chi connectivity index (χ0v) is 8.90. The Hall–Kier alpha value is -1.06. The first-order valence-corrected chi connectivity index (χ1v) is 5.20. The molecule has 3 nitrogen and oxygen atoms in total. The lowest BCUT2D eigenvalue weighted by Gasteiger charge is -2.22. The van der Waals surface area contributed by atoms with Crippen LogP contribution in [0.5, 0.6) is 5.75 Å². The van der Waals surface area contributed by atoms with Gasteiger partial charge >= 0.3 is 0 Å². The van der Waals surface area contributed by atoms with Crippen LogP contribution >= 0.6 is 0 Å². The highest BCUT2D eigenvalue weighted by Gasteiger charge is 2.15. The van der Waals surface area contributed by atoms with E-state index < -0.39 is 0 Å². The van der Waals surface area contributed by atoms with Crippen LogP contribution in [-0.2, 0) is 11.3 Å². The number of hydrogen-bond acceptors (Lipinski definition) is 3. The van der Waals surface area contributed by atoms with Crippen LogP contribution in [0.25, 0.3) is 0 Å². The number of fused-ring (bicyclic) bond motifs is 2. The Balaban J connectivity index is 0.000000124. The molecule has 1 N–H and O–H groups in total. The van der Waals surface area contributed by atoms with Crippen molar-refractivity contribution in [2.75, 3.05) is 19.8 Å². The monoisotopic (exact) mass is 208 g/mol. The van der Waals surface area contributed by atoms with Crippen LogP contribution in [0.4, 0.5) is 0 Å². The van der Waals surface area contributed by atoms with Crippen molar-refractivity contribution in [2.45, 2.75) is 13.5 Å². The fraction of sp³-hybridized carbons (Fsp3) is 0.500. The van der Waals surface area contributed by atoms with Crippen LogP contribution in [0.15, 0.2) is 18.2 Å². The molecular weight excluding hydrogens is 192 g/mol. The maximum absolute atomic E-state index is 8.31. The molecule has 1 aromatic rings. The summed E-state index contributed by atoms with van der Waals surface area (Å²) in [6, 6.07) is 6.19. The molecule has 2 aliphatic heterocycles. The topological polar surface area (TPSA) is 38.7 Å². The van der Waals surface area contributed by atoms with E-state index in [2.05, 4.69) is 19.1 Å². The molecule has 0 spiro atoms. The van der Waals surface area contributed by atoms with Crippen LogP contribution in [0, 0.1) is 12.8 Å².